The molecule has 11 heavy (non-hydrogen) atoms. The third-order valence-corrected chi connectivity index (χ3v) is 1.60. The summed E-state index contributed by atoms with van der Waals surface area (Å²) in [5, 5.41) is 0. The van der Waals surface area contributed by atoms with Gasteiger partial charge in [-0.1, -0.05) is 0 Å². The summed E-state index contributed by atoms with van der Waals surface area (Å²) in [6.07, 6.45) is 2.34. The molecule has 0 saturated carbocycles. The molecule has 0 aromatic carbocycles. The molecule has 0 atom stereocenters. The Bertz CT molecular complexity index is 163. The summed E-state index contributed by atoms with van der Waals surface area (Å²) in [4.78, 5) is 23.1. The maximum absolute atomic E-state index is 10.9. The van der Waals surface area contributed by atoms with Gasteiger partial charge in [-0.15, -0.1) is 0 Å². The SMILES string of the molecule is NCCCN1C(=O)[CH]CC1=O. The Kier molecular flexibility index (Phi) is 2.59. The van der Waals surface area contributed by atoms with Gasteiger partial charge in [-0.3, -0.25) is 14.5 Å². The number of carbonyl (C=O) groups excluding carboxylic acids is 2. The molecule has 4 nitrogen and oxygen atoms in total. The van der Waals surface area contributed by atoms with Crippen molar-refractivity contribution in [2.75, 3.05) is 13.1 Å². The minimum atomic E-state index is -0.177. The normalized spacial score (nSPS) is 18.1. The quantitative estimate of drug-likeness (QED) is 0.548. The number of likely N-dealkylation sites (tertiary alicyclic amines) is 1. The summed E-state index contributed by atoms with van der Waals surface area (Å²) < 4.78 is 0. The Balaban J connectivity index is 2.41. The fraction of sp³-hybridized carbons (Fsp3) is 0.571. The Morgan fingerprint density at radius 1 is 1.55 bits per heavy atom. The lowest BCUT2D eigenvalue weighted by Gasteiger charge is -2.11. The molecule has 1 fully saturated rings. The number of nitrogens with two attached hydrogens (primary N) is 1. The van der Waals surface area contributed by atoms with Gasteiger partial charge in [0, 0.05) is 13.0 Å². The van der Waals surface area contributed by atoms with E-state index in [0.717, 1.165) is 0 Å². The van der Waals surface area contributed by atoms with Gasteiger partial charge >= 0.3 is 0 Å². The molecular weight excluding hydrogens is 144 g/mol. The maximum Gasteiger partial charge on any atom is 0.233 e. The van der Waals surface area contributed by atoms with Crippen LogP contribution in [-0.4, -0.2) is 29.8 Å². The fourth-order valence-electron chi connectivity index (χ4n) is 1.00. The van der Waals surface area contributed by atoms with Crippen molar-refractivity contribution >= 4 is 11.8 Å². The molecule has 0 unspecified atom stereocenters. The molecular formula is C7H11N2O2. The van der Waals surface area contributed by atoms with Crippen molar-refractivity contribution in [3.05, 3.63) is 6.42 Å². The van der Waals surface area contributed by atoms with E-state index in [-0.39, 0.29) is 18.2 Å². The van der Waals surface area contributed by atoms with Crippen molar-refractivity contribution in [2.24, 2.45) is 5.73 Å². The standard InChI is InChI=1S/C7H11N2O2/c8-4-1-5-9-6(10)2-3-7(9)11/h2H,1,3-5,8H2. The van der Waals surface area contributed by atoms with E-state index >= 15 is 0 Å². The first-order valence-electron chi connectivity index (χ1n) is 3.63. The minimum Gasteiger partial charge on any atom is -0.330 e. The number of rotatable bonds is 3. The van der Waals surface area contributed by atoms with Crippen molar-refractivity contribution in [2.45, 2.75) is 12.8 Å². The van der Waals surface area contributed by atoms with E-state index in [9.17, 15) is 9.59 Å². The summed E-state index contributed by atoms with van der Waals surface area (Å²) in [5.41, 5.74) is 5.24. The number of amides is 2. The van der Waals surface area contributed by atoms with Crippen LogP contribution in [0.3, 0.4) is 0 Å². The summed E-state index contributed by atoms with van der Waals surface area (Å²) in [5.74, 6) is -0.285. The van der Waals surface area contributed by atoms with Crippen LogP contribution in [0.25, 0.3) is 0 Å². The van der Waals surface area contributed by atoms with Crippen molar-refractivity contribution in [3.63, 3.8) is 0 Å². The van der Waals surface area contributed by atoms with Crippen LogP contribution in [0.1, 0.15) is 12.8 Å². The Morgan fingerprint density at radius 3 is 2.73 bits per heavy atom. The molecule has 61 valence electrons. The molecule has 2 amide bonds. The number of imide groups is 1. The lowest BCUT2D eigenvalue weighted by atomic mass is 10.4. The zero-order valence-corrected chi connectivity index (χ0v) is 6.25. The largest absolute Gasteiger partial charge is 0.330 e. The first kappa shape index (κ1) is 8.20. The third kappa shape index (κ3) is 1.77. The number of hydrogen-bond donors (Lipinski definition) is 1. The van der Waals surface area contributed by atoms with E-state index in [0.29, 0.717) is 19.5 Å². The van der Waals surface area contributed by atoms with Crippen molar-refractivity contribution < 1.29 is 9.59 Å². The predicted octanol–water partition coefficient (Wildman–Crippen LogP) is -0.702. The van der Waals surface area contributed by atoms with Gasteiger partial charge in [0.05, 0.1) is 6.42 Å². The van der Waals surface area contributed by atoms with Crippen LogP contribution in [0.5, 0.6) is 0 Å². The van der Waals surface area contributed by atoms with Gasteiger partial charge in [0.25, 0.3) is 0 Å². The molecule has 0 bridgehead atoms. The van der Waals surface area contributed by atoms with Gasteiger partial charge in [-0.05, 0) is 13.0 Å². The molecule has 1 radical (unpaired) electrons. The van der Waals surface area contributed by atoms with E-state index in [4.69, 9.17) is 5.73 Å². The molecule has 1 saturated heterocycles. The molecule has 4 heteroatoms. The monoisotopic (exact) mass is 155 g/mol. The highest BCUT2D eigenvalue weighted by Crippen LogP contribution is 2.10. The summed E-state index contributed by atoms with van der Waals surface area (Å²) in [6.45, 7) is 0.974. The van der Waals surface area contributed by atoms with Crippen molar-refractivity contribution in [1.29, 1.82) is 0 Å². The van der Waals surface area contributed by atoms with E-state index in [1.807, 2.05) is 0 Å². The summed E-state index contributed by atoms with van der Waals surface area (Å²) >= 11 is 0. The lowest BCUT2D eigenvalue weighted by molar-refractivity contribution is -0.137. The van der Waals surface area contributed by atoms with Gasteiger partial charge < -0.3 is 5.73 Å². The van der Waals surface area contributed by atoms with Crippen LogP contribution in [0.2, 0.25) is 0 Å². The van der Waals surface area contributed by atoms with Crippen molar-refractivity contribution in [3.8, 4) is 0 Å². The fourth-order valence-corrected chi connectivity index (χ4v) is 1.00. The topological polar surface area (TPSA) is 63.4 Å². The predicted molar refractivity (Wildman–Crippen MR) is 39.3 cm³/mol. The Labute approximate surface area is 65.3 Å². The Morgan fingerprint density at radius 2 is 2.27 bits per heavy atom. The first-order valence-corrected chi connectivity index (χ1v) is 3.63. The Hall–Kier alpha value is -0.900. The second-order valence-corrected chi connectivity index (χ2v) is 2.43. The van der Waals surface area contributed by atoms with Crippen LogP contribution in [-0.2, 0) is 9.59 Å². The zero-order chi connectivity index (χ0) is 8.27. The molecule has 0 spiro atoms. The highest BCUT2D eigenvalue weighted by Gasteiger charge is 2.28. The lowest BCUT2D eigenvalue weighted by Crippen LogP contribution is -2.31. The van der Waals surface area contributed by atoms with Crippen LogP contribution in [0.4, 0.5) is 0 Å². The second-order valence-electron chi connectivity index (χ2n) is 2.43. The van der Waals surface area contributed by atoms with Gasteiger partial charge in [-0.2, -0.15) is 0 Å². The average Bonchev–Trinajstić information content (AvgIpc) is 2.29. The molecule has 1 heterocycles. The highest BCUT2D eigenvalue weighted by atomic mass is 16.2. The van der Waals surface area contributed by atoms with Gasteiger partial charge in [-0.25, -0.2) is 0 Å². The van der Waals surface area contributed by atoms with Crippen LogP contribution < -0.4 is 5.73 Å². The van der Waals surface area contributed by atoms with Crippen molar-refractivity contribution in [1.82, 2.24) is 4.90 Å². The minimum absolute atomic E-state index is 0.108. The molecule has 0 aromatic rings. The number of carbonyl (C=O) groups is 2. The first-order chi connectivity index (χ1) is 5.25. The second kappa shape index (κ2) is 3.48. The van der Waals surface area contributed by atoms with E-state index in [2.05, 4.69) is 0 Å². The smallest absolute Gasteiger partial charge is 0.233 e. The van der Waals surface area contributed by atoms with E-state index < -0.39 is 0 Å². The van der Waals surface area contributed by atoms with Gasteiger partial charge in [0.2, 0.25) is 11.8 Å². The van der Waals surface area contributed by atoms with Crippen LogP contribution in [0, 0.1) is 6.42 Å². The highest BCUT2D eigenvalue weighted by molar-refractivity contribution is 6.07. The molecule has 0 aliphatic carbocycles. The average molecular weight is 155 g/mol. The molecule has 2 N–H and O–H groups in total. The zero-order valence-electron chi connectivity index (χ0n) is 6.25. The molecule has 1 aliphatic heterocycles. The van der Waals surface area contributed by atoms with E-state index in [1.165, 1.54) is 11.3 Å². The summed E-state index contributed by atoms with van der Waals surface area (Å²) in [6, 6.07) is 0. The van der Waals surface area contributed by atoms with Crippen LogP contribution in [0.15, 0.2) is 0 Å². The molecule has 1 rings (SSSR count). The summed E-state index contributed by atoms with van der Waals surface area (Å²) in [7, 11) is 0. The maximum atomic E-state index is 10.9. The molecule has 1 aliphatic rings. The van der Waals surface area contributed by atoms with Gasteiger partial charge in [0.15, 0.2) is 0 Å². The molecule has 0 aromatic heterocycles. The third-order valence-electron chi connectivity index (χ3n) is 1.60. The van der Waals surface area contributed by atoms with E-state index in [1.54, 1.807) is 0 Å². The van der Waals surface area contributed by atoms with Crippen LogP contribution >= 0.6 is 0 Å². The number of hydrogen-bond acceptors (Lipinski definition) is 3. The number of nitrogens with zero attached hydrogens (tertiary/aromatic N) is 1. The van der Waals surface area contributed by atoms with Gasteiger partial charge in [0.1, 0.15) is 0 Å².